The number of nitrogen functional groups attached to an aromatic ring is 1. The zero-order chi connectivity index (χ0) is 28.1. The van der Waals surface area contributed by atoms with E-state index in [1.807, 2.05) is 72.6 Å². The second-order valence-electron chi connectivity index (χ2n) is 10.1. The van der Waals surface area contributed by atoms with Gasteiger partial charge in [-0.2, -0.15) is 0 Å². The molecule has 0 bridgehead atoms. The number of carbonyl (C=O) groups excluding carboxylic acids is 1. The number of rotatable bonds is 10. The number of nitrogens with two attached hydrogens (primary N) is 1. The summed E-state index contributed by atoms with van der Waals surface area (Å²) in [5.74, 6) is 2.01. The van der Waals surface area contributed by atoms with E-state index in [0.717, 1.165) is 52.3 Å². The number of fused-ring (bicyclic) bond motifs is 1. The van der Waals surface area contributed by atoms with Gasteiger partial charge < -0.3 is 29.6 Å². The molecule has 2 aromatic heterocycles. The maximum Gasteiger partial charge on any atom is 0.246 e. The summed E-state index contributed by atoms with van der Waals surface area (Å²) in [6.07, 6.45) is 5.94. The topological polar surface area (TPSA) is 98.7 Å². The molecule has 1 saturated heterocycles. The van der Waals surface area contributed by atoms with Gasteiger partial charge in [0.05, 0.1) is 18.0 Å². The van der Waals surface area contributed by atoms with Crippen LogP contribution in [0.5, 0.6) is 11.5 Å². The van der Waals surface area contributed by atoms with Gasteiger partial charge in [0, 0.05) is 50.6 Å². The lowest BCUT2D eigenvalue weighted by molar-refractivity contribution is -0.125. The smallest absolute Gasteiger partial charge is 0.246 e. The Morgan fingerprint density at radius 3 is 2.62 bits per heavy atom. The zero-order valence-electron chi connectivity index (χ0n) is 23.3. The summed E-state index contributed by atoms with van der Waals surface area (Å²) in [6.45, 7) is 5.57. The number of hydrogen-bond donors (Lipinski definition) is 1. The summed E-state index contributed by atoms with van der Waals surface area (Å²) >= 11 is 0. The Hall–Kier alpha value is -4.21. The van der Waals surface area contributed by atoms with Crippen LogP contribution in [0.1, 0.15) is 18.2 Å². The van der Waals surface area contributed by atoms with E-state index in [1.165, 1.54) is 6.33 Å². The molecule has 2 N–H and O–H groups in total. The average molecular weight is 541 g/mol. The molecule has 0 saturated carbocycles. The molecule has 0 radical (unpaired) electrons. The Bertz CT molecular complexity index is 1480. The molecule has 0 aliphatic carbocycles. The highest BCUT2D eigenvalue weighted by Gasteiger charge is 2.31. The van der Waals surface area contributed by atoms with Gasteiger partial charge in [0.25, 0.3) is 0 Å². The number of para-hydroxylation sites is 1. The van der Waals surface area contributed by atoms with E-state index in [2.05, 4.69) is 26.4 Å². The first-order valence-electron chi connectivity index (χ1n) is 13.5. The molecule has 1 aliphatic heterocycles. The molecular formula is C31H36N6O3. The van der Waals surface area contributed by atoms with E-state index >= 15 is 0 Å². The van der Waals surface area contributed by atoms with Crippen molar-refractivity contribution < 1.29 is 14.3 Å². The first kappa shape index (κ1) is 27.4. The first-order valence-corrected chi connectivity index (χ1v) is 13.5. The Balaban J connectivity index is 1.37. The average Bonchev–Trinajstić information content (AvgIpc) is 3.56. The third-order valence-corrected chi connectivity index (χ3v) is 7.37. The number of nitrogens with zero attached hydrogens (tertiary/aromatic N) is 5. The molecule has 1 fully saturated rings. The monoisotopic (exact) mass is 540 g/mol. The Kier molecular flexibility index (Phi) is 8.42. The van der Waals surface area contributed by atoms with Crippen molar-refractivity contribution in [3.05, 3.63) is 78.8 Å². The fourth-order valence-corrected chi connectivity index (χ4v) is 5.32. The number of likely N-dealkylation sites (tertiary alicyclic amines) is 1. The largest absolute Gasteiger partial charge is 0.457 e. The molecule has 208 valence electrons. The fourth-order valence-electron chi connectivity index (χ4n) is 5.32. The van der Waals surface area contributed by atoms with Crippen LogP contribution in [0.3, 0.4) is 0 Å². The SMILES string of the molecule is COCCN(C)C/C=C/C(=O)N1CCC(n2c(C)c(-c3ccc(Oc4ccccc4)cc3)c3c(N)ncnc32)C1. The number of ether oxygens (including phenoxy) is 2. The van der Waals surface area contributed by atoms with Gasteiger partial charge in [0.2, 0.25) is 5.91 Å². The van der Waals surface area contributed by atoms with Gasteiger partial charge in [-0.15, -0.1) is 0 Å². The lowest BCUT2D eigenvalue weighted by Gasteiger charge is -2.18. The highest BCUT2D eigenvalue weighted by atomic mass is 16.5. The predicted molar refractivity (Wildman–Crippen MR) is 157 cm³/mol. The Morgan fingerprint density at radius 1 is 1.12 bits per heavy atom. The summed E-state index contributed by atoms with van der Waals surface area (Å²) in [6, 6.07) is 17.8. The van der Waals surface area contributed by atoms with Crippen LogP contribution in [0.25, 0.3) is 22.2 Å². The summed E-state index contributed by atoms with van der Waals surface area (Å²) in [4.78, 5) is 25.9. The van der Waals surface area contributed by atoms with Gasteiger partial charge >= 0.3 is 0 Å². The van der Waals surface area contributed by atoms with Gasteiger partial charge in [0.15, 0.2) is 0 Å². The van der Waals surface area contributed by atoms with Crippen molar-refractivity contribution in [2.24, 2.45) is 0 Å². The van der Waals surface area contributed by atoms with Crippen LogP contribution < -0.4 is 10.5 Å². The number of hydrogen-bond acceptors (Lipinski definition) is 7. The van der Waals surface area contributed by atoms with Crippen LogP contribution in [-0.2, 0) is 9.53 Å². The van der Waals surface area contributed by atoms with Crippen LogP contribution in [0.4, 0.5) is 5.82 Å². The van der Waals surface area contributed by atoms with E-state index in [1.54, 1.807) is 13.2 Å². The maximum absolute atomic E-state index is 12.9. The molecule has 4 aromatic rings. The van der Waals surface area contributed by atoms with Crippen molar-refractivity contribution in [1.82, 2.24) is 24.3 Å². The number of carbonyl (C=O) groups is 1. The number of methoxy groups -OCH3 is 1. The molecule has 1 atom stereocenters. The number of amides is 1. The highest BCUT2D eigenvalue weighted by Crippen LogP contribution is 2.40. The second kappa shape index (κ2) is 12.3. The standard InChI is InChI=1S/C31H36N6O3/c1-22-28(23-11-13-26(14-12-23)40-25-8-5-4-6-9-25)29-30(32)33-21-34-31(29)37(22)24-15-17-36(20-24)27(38)10-7-16-35(2)18-19-39-3/h4-14,21,24H,15-20H2,1-3H3,(H2,32,33,34)/b10-7+. The van der Waals surface area contributed by atoms with Crippen LogP contribution in [-0.4, -0.2) is 77.2 Å². The van der Waals surface area contributed by atoms with Crippen LogP contribution in [0, 0.1) is 6.92 Å². The van der Waals surface area contributed by atoms with Crippen LogP contribution in [0.15, 0.2) is 73.1 Å². The van der Waals surface area contributed by atoms with Gasteiger partial charge in [0.1, 0.15) is 29.3 Å². The van der Waals surface area contributed by atoms with Gasteiger partial charge in [-0.25, -0.2) is 9.97 Å². The van der Waals surface area contributed by atoms with Crippen molar-refractivity contribution in [2.75, 3.05) is 52.7 Å². The van der Waals surface area contributed by atoms with Crippen molar-refractivity contribution in [3.8, 4) is 22.6 Å². The number of likely N-dealkylation sites (N-methyl/N-ethyl adjacent to an activating group) is 1. The molecular weight excluding hydrogens is 504 g/mol. The summed E-state index contributed by atoms with van der Waals surface area (Å²) in [5, 5.41) is 0.834. The molecule has 1 amide bonds. The number of anilines is 1. The van der Waals surface area contributed by atoms with E-state index < -0.39 is 0 Å². The normalized spacial score (nSPS) is 15.5. The Labute approximate surface area is 234 Å². The predicted octanol–water partition coefficient (Wildman–Crippen LogP) is 4.69. The quantitative estimate of drug-likeness (QED) is 0.292. The first-order chi connectivity index (χ1) is 19.5. The van der Waals surface area contributed by atoms with Gasteiger partial charge in [-0.1, -0.05) is 36.4 Å². The molecule has 1 unspecified atom stereocenters. The van der Waals surface area contributed by atoms with Crippen molar-refractivity contribution in [2.45, 2.75) is 19.4 Å². The lowest BCUT2D eigenvalue weighted by Crippen LogP contribution is -2.28. The Morgan fingerprint density at radius 2 is 1.88 bits per heavy atom. The van der Waals surface area contributed by atoms with E-state index in [-0.39, 0.29) is 11.9 Å². The van der Waals surface area contributed by atoms with E-state index in [9.17, 15) is 4.79 Å². The zero-order valence-corrected chi connectivity index (χ0v) is 23.3. The summed E-state index contributed by atoms with van der Waals surface area (Å²) in [5.41, 5.74) is 10.3. The third kappa shape index (κ3) is 5.85. The molecule has 9 heteroatoms. The molecule has 2 aromatic carbocycles. The number of benzene rings is 2. The fraction of sp³-hybridized carbons (Fsp3) is 0.323. The van der Waals surface area contributed by atoms with Crippen LogP contribution >= 0.6 is 0 Å². The summed E-state index contributed by atoms with van der Waals surface area (Å²) in [7, 11) is 3.70. The minimum Gasteiger partial charge on any atom is -0.457 e. The van der Waals surface area contributed by atoms with Crippen molar-refractivity contribution in [3.63, 3.8) is 0 Å². The van der Waals surface area contributed by atoms with Crippen LogP contribution in [0.2, 0.25) is 0 Å². The van der Waals surface area contributed by atoms with Gasteiger partial charge in [-0.3, -0.25) is 4.79 Å². The maximum atomic E-state index is 12.9. The number of aromatic nitrogens is 3. The van der Waals surface area contributed by atoms with Gasteiger partial charge in [-0.05, 0) is 50.2 Å². The molecule has 5 rings (SSSR count). The molecule has 0 spiro atoms. The molecule has 40 heavy (non-hydrogen) atoms. The summed E-state index contributed by atoms with van der Waals surface area (Å²) < 4.78 is 13.3. The van der Waals surface area contributed by atoms with Crippen molar-refractivity contribution in [1.29, 1.82) is 0 Å². The lowest BCUT2D eigenvalue weighted by atomic mass is 10.0. The molecule has 9 nitrogen and oxygen atoms in total. The van der Waals surface area contributed by atoms with Crippen molar-refractivity contribution >= 4 is 22.8 Å². The third-order valence-electron chi connectivity index (χ3n) is 7.37. The van der Waals surface area contributed by atoms with E-state index in [0.29, 0.717) is 32.1 Å². The second-order valence-corrected chi connectivity index (χ2v) is 10.1. The highest BCUT2D eigenvalue weighted by molar-refractivity contribution is 6.02. The minimum atomic E-state index is 0.0279. The minimum absolute atomic E-state index is 0.0279. The molecule has 3 heterocycles. The molecule has 1 aliphatic rings. The van der Waals surface area contributed by atoms with E-state index in [4.69, 9.17) is 15.2 Å².